The molecule has 0 bridgehead atoms. The first-order valence-electron chi connectivity index (χ1n) is 7.37. The van der Waals surface area contributed by atoms with Gasteiger partial charge in [0.25, 0.3) is 0 Å². The smallest absolute Gasteiger partial charge is 0.211 e. The Kier molecular flexibility index (Phi) is 6.01. The largest absolute Gasteiger partial charge is 0.504 e. The summed E-state index contributed by atoms with van der Waals surface area (Å²) in [6.07, 6.45) is 1.30. The summed E-state index contributed by atoms with van der Waals surface area (Å²) < 4.78 is 31.6. The highest BCUT2D eigenvalue weighted by Crippen LogP contribution is 2.26. The van der Waals surface area contributed by atoms with E-state index in [0.29, 0.717) is 12.2 Å². The molecular formula is C17H21NO4S. The zero-order chi connectivity index (χ0) is 16.7. The lowest BCUT2D eigenvalue weighted by molar-refractivity contribution is 0.373. The van der Waals surface area contributed by atoms with Gasteiger partial charge in [0.1, 0.15) is 0 Å². The van der Waals surface area contributed by atoms with Gasteiger partial charge in [-0.1, -0.05) is 36.4 Å². The maximum Gasteiger partial charge on any atom is 0.211 e. The number of aryl methyl sites for hydroxylation is 1. The van der Waals surface area contributed by atoms with E-state index in [9.17, 15) is 13.5 Å². The normalized spacial score (nSPS) is 11.3. The Morgan fingerprint density at radius 2 is 1.83 bits per heavy atom. The lowest BCUT2D eigenvalue weighted by atomic mass is 10.1. The van der Waals surface area contributed by atoms with Gasteiger partial charge in [-0.15, -0.1) is 0 Å². The monoisotopic (exact) mass is 335 g/mol. The molecule has 23 heavy (non-hydrogen) atoms. The summed E-state index contributed by atoms with van der Waals surface area (Å²) in [5, 5.41) is 9.52. The number of methoxy groups -OCH3 is 1. The predicted octanol–water partition coefficient (Wildman–Crippen LogP) is 2.45. The predicted molar refractivity (Wildman–Crippen MR) is 90.0 cm³/mol. The lowest BCUT2D eigenvalue weighted by Crippen LogP contribution is -2.26. The summed E-state index contributed by atoms with van der Waals surface area (Å²) in [5.74, 6) is 0.435. The number of nitrogens with one attached hydrogen (secondary N) is 1. The Balaban J connectivity index is 1.84. The topological polar surface area (TPSA) is 75.6 Å². The highest BCUT2D eigenvalue weighted by atomic mass is 32.2. The molecule has 0 spiro atoms. The molecule has 2 aromatic carbocycles. The van der Waals surface area contributed by atoms with Gasteiger partial charge >= 0.3 is 0 Å². The van der Waals surface area contributed by atoms with Crippen molar-refractivity contribution in [3.63, 3.8) is 0 Å². The van der Waals surface area contributed by atoms with Gasteiger partial charge in [0.05, 0.1) is 12.9 Å². The van der Waals surface area contributed by atoms with E-state index in [4.69, 9.17) is 4.74 Å². The standard InChI is InChI=1S/C17H21NO4S/c1-22-17-12-15(9-10-16(17)19)13-18-23(20,21)11-5-8-14-6-3-2-4-7-14/h2-4,6-7,9-10,12,18-19H,5,8,11,13H2,1H3. The average molecular weight is 335 g/mol. The summed E-state index contributed by atoms with van der Waals surface area (Å²) in [7, 11) is -1.88. The molecule has 6 heteroatoms. The first-order valence-corrected chi connectivity index (χ1v) is 9.02. The zero-order valence-electron chi connectivity index (χ0n) is 13.0. The van der Waals surface area contributed by atoms with Crippen molar-refractivity contribution in [2.45, 2.75) is 19.4 Å². The zero-order valence-corrected chi connectivity index (χ0v) is 13.8. The van der Waals surface area contributed by atoms with Crippen LogP contribution in [0, 0.1) is 0 Å². The van der Waals surface area contributed by atoms with Crippen LogP contribution in [-0.4, -0.2) is 26.4 Å². The summed E-state index contributed by atoms with van der Waals surface area (Å²) in [6, 6.07) is 14.6. The van der Waals surface area contributed by atoms with E-state index in [1.165, 1.54) is 13.2 Å². The first kappa shape index (κ1) is 17.3. The summed E-state index contributed by atoms with van der Waals surface area (Å²) in [4.78, 5) is 0. The van der Waals surface area contributed by atoms with E-state index in [0.717, 1.165) is 17.5 Å². The van der Waals surface area contributed by atoms with Crippen molar-refractivity contribution in [2.75, 3.05) is 12.9 Å². The second-order valence-corrected chi connectivity index (χ2v) is 7.16. The molecule has 0 fully saturated rings. The van der Waals surface area contributed by atoms with Gasteiger partial charge in [0.2, 0.25) is 10.0 Å². The molecular weight excluding hydrogens is 314 g/mol. The van der Waals surface area contributed by atoms with Gasteiger partial charge in [-0.3, -0.25) is 0 Å². The molecule has 0 saturated heterocycles. The quantitative estimate of drug-likeness (QED) is 0.777. The van der Waals surface area contributed by atoms with Crippen LogP contribution in [0.15, 0.2) is 48.5 Å². The number of hydrogen-bond donors (Lipinski definition) is 2. The number of benzene rings is 2. The molecule has 2 rings (SSSR count). The van der Waals surface area contributed by atoms with Crippen molar-refractivity contribution < 1.29 is 18.3 Å². The molecule has 2 aromatic rings. The minimum Gasteiger partial charge on any atom is -0.504 e. The van der Waals surface area contributed by atoms with Gasteiger partial charge in [0, 0.05) is 6.54 Å². The fourth-order valence-electron chi connectivity index (χ4n) is 2.21. The molecule has 0 radical (unpaired) electrons. The number of phenolic OH excluding ortho intramolecular Hbond substituents is 1. The van der Waals surface area contributed by atoms with Crippen molar-refractivity contribution >= 4 is 10.0 Å². The summed E-state index contributed by atoms with van der Waals surface area (Å²) in [5.41, 5.74) is 1.86. The lowest BCUT2D eigenvalue weighted by Gasteiger charge is -2.09. The van der Waals surface area contributed by atoms with Gasteiger partial charge < -0.3 is 9.84 Å². The van der Waals surface area contributed by atoms with E-state index in [1.807, 2.05) is 30.3 Å². The summed E-state index contributed by atoms with van der Waals surface area (Å²) >= 11 is 0. The number of rotatable bonds is 8. The van der Waals surface area contributed by atoms with Gasteiger partial charge in [-0.05, 0) is 36.1 Å². The number of sulfonamides is 1. The highest BCUT2D eigenvalue weighted by Gasteiger charge is 2.11. The van der Waals surface area contributed by atoms with Crippen LogP contribution in [0.4, 0.5) is 0 Å². The molecule has 5 nitrogen and oxygen atoms in total. The van der Waals surface area contributed by atoms with E-state index < -0.39 is 10.0 Å². The Hall–Kier alpha value is -2.05. The van der Waals surface area contributed by atoms with Crippen LogP contribution >= 0.6 is 0 Å². The van der Waals surface area contributed by atoms with Crippen LogP contribution in [-0.2, 0) is 23.0 Å². The van der Waals surface area contributed by atoms with Gasteiger partial charge in [-0.2, -0.15) is 0 Å². The second-order valence-electron chi connectivity index (χ2n) is 5.24. The SMILES string of the molecule is COc1cc(CNS(=O)(=O)CCCc2ccccc2)ccc1O. The number of hydrogen-bond acceptors (Lipinski definition) is 4. The van der Waals surface area contributed by atoms with Crippen molar-refractivity contribution in [3.05, 3.63) is 59.7 Å². The van der Waals surface area contributed by atoms with Crippen LogP contribution in [0.1, 0.15) is 17.5 Å². The third-order valence-corrected chi connectivity index (χ3v) is 4.87. The molecule has 0 aliphatic rings. The van der Waals surface area contributed by atoms with Crippen molar-refractivity contribution in [2.24, 2.45) is 0 Å². The van der Waals surface area contributed by atoms with E-state index in [-0.39, 0.29) is 18.0 Å². The molecule has 0 heterocycles. The van der Waals surface area contributed by atoms with Crippen LogP contribution in [0.3, 0.4) is 0 Å². The Labute approximate surface area is 137 Å². The fourth-order valence-corrected chi connectivity index (χ4v) is 3.26. The van der Waals surface area contributed by atoms with Gasteiger partial charge in [0.15, 0.2) is 11.5 Å². The van der Waals surface area contributed by atoms with E-state index >= 15 is 0 Å². The van der Waals surface area contributed by atoms with Crippen molar-refractivity contribution in [1.29, 1.82) is 0 Å². The van der Waals surface area contributed by atoms with Crippen LogP contribution < -0.4 is 9.46 Å². The minimum absolute atomic E-state index is 0.0296. The van der Waals surface area contributed by atoms with Crippen LogP contribution in [0.5, 0.6) is 11.5 Å². The van der Waals surface area contributed by atoms with Crippen LogP contribution in [0.25, 0.3) is 0 Å². The maximum atomic E-state index is 12.0. The number of ether oxygens (including phenoxy) is 1. The van der Waals surface area contributed by atoms with Gasteiger partial charge in [-0.25, -0.2) is 13.1 Å². The first-order chi connectivity index (χ1) is 11.0. The Morgan fingerprint density at radius 3 is 2.52 bits per heavy atom. The molecule has 0 aliphatic heterocycles. The second kappa shape index (κ2) is 7.99. The minimum atomic E-state index is -3.33. The Morgan fingerprint density at radius 1 is 1.09 bits per heavy atom. The summed E-state index contributed by atoms with van der Waals surface area (Å²) in [6.45, 7) is 0.171. The molecule has 0 aliphatic carbocycles. The molecule has 0 saturated carbocycles. The Bertz CT molecular complexity index is 730. The molecule has 0 unspecified atom stereocenters. The molecule has 124 valence electrons. The average Bonchev–Trinajstić information content (AvgIpc) is 2.55. The fraction of sp³-hybridized carbons (Fsp3) is 0.294. The van der Waals surface area contributed by atoms with Crippen LogP contribution in [0.2, 0.25) is 0 Å². The van der Waals surface area contributed by atoms with Crippen molar-refractivity contribution in [1.82, 2.24) is 4.72 Å². The number of phenols is 1. The molecule has 0 aromatic heterocycles. The third-order valence-electron chi connectivity index (χ3n) is 3.46. The maximum absolute atomic E-state index is 12.0. The highest BCUT2D eigenvalue weighted by molar-refractivity contribution is 7.89. The third kappa shape index (κ3) is 5.58. The molecule has 0 atom stereocenters. The van der Waals surface area contributed by atoms with Crippen molar-refractivity contribution in [3.8, 4) is 11.5 Å². The number of aromatic hydroxyl groups is 1. The molecule has 2 N–H and O–H groups in total. The molecule has 0 amide bonds. The van der Waals surface area contributed by atoms with E-state index in [2.05, 4.69) is 4.72 Å². The van der Waals surface area contributed by atoms with E-state index in [1.54, 1.807) is 12.1 Å².